The van der Waals surface area contributed by atoms with Gasteiger partial charge in [0.2, 0.25) is 0 Å². The van der Waals surface area contributed by atoms with E-state index in [2.05, 4.69) is 0 Å². The van der Waals surface area contributed by atoms with Crippen molar-refractivity contribution in [3.8, 4) is 17.2 Å². The lowest BCUT2D eigenvalue weighted by Crippen LogP contribution is -2.13. The Morgan fingerprint density at radius 2 is 1.21 bits per heavy atom. The minimum Gasteiger partial charge on any atom is -0.493 e. The first-order chi connectivity index (χ1) is 20.4. The average molecular weight is 625 g/mol. The van der Waals surface area contributed by atoms with E-state index in [0.29, 0.717) is 69.1 Å². The molecule has 0 bridgehead atoms. The molecular weight excluding hydrogens is 580 g/mol. The van der Waals surface area contributed by atoms with Gasteiger partial charge in [0, 0.05) is 42.6 Å². The van der Waals surface area contributed by atoms with Crippen molar-refractivity contribution in [2.45, 2.75) is 30.3 Å². The highest BCUT2D eigenvalue weighted by molar-refractivity contribution is 7.99. The Balaban J connectivity index is 2.03. The zero-order valence-corrected chi connectivity index (χ0v) is 26.9. The lowest BCUT2D eigenvalue weighted by Gasteiger charge is -2.19. The van der Waals surface area contributed by atoms with Gasteiger partial charge in [0.25, 0.3) is 0 Å². The minimum atomic E-state index is -0.349. The molecule has 0 radical (unpaired) electrons. The van der Waals surface area contributed by atoms with E-state index in [1.807, 2.05) is 30.3 Å². The molecule has 2 unspecified atom stereocenters. The predicted molar refractivity (Wildman–Crippen MR) is 167 cm³/mol. The van der Waals surface area contributed by atoms with Crippen molar-refractivity contribution in [2.75, 3.05) is 79.6 Å². The summed E-state index contributed by atoms with van der Waals surface area (Å²) in [7, 11) is 6.45. The summed E-state index contributed by atoms with van der Waals surface area (Å²) in [6.07, 6.45) is 0.577. The number of thioether (sulfide) groups is 2. The molecular formula is C31H44O9S2. The summed E-state index contributed by atoms with van der Waals surface area (Å²) in [5.41, 5.74) is 1.93. The Hall–Kier alpha value is -2.28. The molecule has 0 spiro atoms. The molecule has 0 aromatic heterocycles. The molecule has 0 aliphatic carbocycles. The number of benzene rings is 2. The van der Waals surface area contributed by atoms with E-state index < -0.39 is 0 Å². The zero-order valence-electron chi connectivity index (χ0n) is 25.3. The second kappa shape index (κ2) is 21.4. The molecule has 0 amide bonds. The highest BCUT2D eigenvalue weighted by Gasteiger charge is 2.21. The van der Waals surface area contributed by atoms with Crippen LogP contribution in [-0.4, -0.2) is 91.3 Å². The number of hydrogen-bond acceptors (Lipinski definition) is 11. The molecule has 0 aliphatic rings. The first kappa shape index (κ1) is 35.9. The predicted octanol–water partition coefficient (Wildman–Crippen LogP) is 5.55. The Morgan fingerprint density at radius 3 is 1.74 bits per heavy atom. The van der Waals surface area contributed by atoms with Gasteiger partial charge in [-0.2, -0.15) is 23.5 Å². The van der Waals surface area contributed by atoms with Gasteiger partial charge in [0.1, 0.15) is 11.5 Å². The second-order valence-corrected chi connectivity index (χ2v) is 11.8. The summed E-state index contributed by atoms with van der Waals surface area (Å²) in [5.74, 6) is 2.89. The van der Waals surface area contributed by atoms with E-state index in [9.17, 15) is 9.59 Å². The average Bonchev–Trinajstić information content (AvgIpc) is 2.99. The summed E-state index contributed by atoms with van der Waals surface area (Å²) >= 11 is 3.29. The summed E-state index contributed by atoms with van der Waals surface area (Å²) < 4.78 is 37.7. The fourth-order valence-electron chi connectivity index (χ4n) is 3.92. The van der Waals surface area contributed by atoms with Crippen LogP contribution in [0.15, 0.2) is 42.5 Å². The summed E-state index contributed by atoms with van der Waals surface area (Å²) in [4.78, 5) is 24.9. The van der Waals surface area contributed by atoms with Gasteiger partial charge in [-0.05, 0) is 42.3 Å². The van der Waals surface area contributed by atoms with Crippen molar-refractivity contribution in [3.05, 3.63) is 53.6 Å². The van der Waals surface area contributed by atoms with Gasteiger partial charge < -0.3 is 33.2 Å². The molecule has 0 fully saturated rings. The van der Waals surface area contributed by atoms with E-state index in [1.54, 1.807) is 71.0 Å². The van der Waals surface area contributed by atoms with Gasteiger partial charge in [-0.15, -0.1) is 0 Å². The number of carbonyl (C=O) groups excluding carboxylic acids is 2. The fourth-order valence-corrected chi connectivity index (χ4v) is 6.21. The lowest BCUT2D eigenvalue weighted by molar-refractivity contribution is -0.134. The number of rotatable bonds is 23. The first-order valence-electron chi connectivity index (χ1n) is 13.8. The molecule has 0 heterocycles. The molecule has 0 aliphatic heterocycles. The SMILES string of the molecule is COCCOCCSC(CC(C)=O)c1ccc(OC(=O)CC(SCCOCCOC)c2ccc(OC)c(OC)c2)cc1. The minimum absolute atomic E-state index is 0.00443. The van der Waals surface area contributed by atoms with Crippen LogP contribution in [-0.2, 0) is 28.5 Å². The number of methoxy groups -OCH3 is 4. The van der Waals surface area contributed by atoms with Crippen LogP contribution in [0.1, 0.15) is 41.4 Å². The van der Waals surface area contributed by atoms with Gasteiger partial charge in [-0.1, -0.05) is 18.2 Å². The number of esters is 1. The van der Waals surface area contributed by atoms with Gasteiger partial charge >= 0.3 is 5.97 Å². The van der Waals surface area contributed by atoms with Crippen LogP contribution >= 0.6 is 23.5 Å². The smallest absolute Gasteiger partial charge is 0.312 e. The van der Waals surface area contributed by atoms with Crippen molar-refractivity contribution in [1.82, 2.24) is 0 Å². The number of ether oxygens (including phenoxy) is 7. The molecule has 42 heavy (non-hydrogen) atoms. The zero-order chi connectivity index (χ0) is 30.6. The molecule has 2 rings (SSSR count). The van der Waals surface area contributed by atoms with E-state index in [0.717, 1.165) is 16.9 Å². The fraction of sp³-hybridized carbons (Fsp3) is 0.548. The van der Waals surface area contributed by atoms with Crippen LogP contribution in [0.25, 0.3) is 0 Å². The third kappa shape index (κ3) is 13.8. The van der Waals surface area contributed by atoms with Crippen LogP contribution in [0.3, 0.4) is 0 Å². The Bertz CT molecular complexity index is 1050. The van der Waals surface area contributed by atoms with Crippen LogP contribution in [0.4, 0.5) is 0 Å². The highest BCUT2D eigenvalue weighted by Crippen LogP contribution is 2.38. The van der Waals surface area contributed by atoms with E-state index >= 15 is 0 Å². The maximum absolute atomic E-state index is 13.1. The Morgan fingerprint density at radius 1 is 0.667 bits per heavy atom. The summed E-state index contributed by atoms with van der Waals surface area (Å²) in [6, 6.07) is 13.0. The third-order valence-electron chi connectivity index (χ3n) is 6.04. The standard InChI is InChI=1S/C31H44O9S2/c1-23(32)20-29(41-18-16-38-14-12-34-2)24-6-9-26(10-7-24)40-31(33)22-30(42-19-17-39-15-13-35-3)25-8-11-27(36-4)28(21-25)37-5/h6-11,21,29-30H,12-20,22H2,1-5H3. The van der Waals surface area contributed by atoms with Crippen LogP contribution in [0, 0.1) is 0 Å². The normalized spacial score (nSPS) is 12.5. The first-order valence-corrected chi connectivity index (χ1v) is 15.9. The van der Waals surface area contributed by atoms with Crippen molar-refractivity contribution >= 4 is 35.3 Å². The summed E-state index contributed by atoms with van der Waals surface area (Å²) in [6.45, 7) is 4.86. The quantitative estimate of drug-likeness (QED) is 0.0884. The number of carbonyl (C=O) groups is 2. The van der Waals surface area contributed by atoms with Gasteiger partial charge in [0.05, 0.1) is 60.3 Å². The number of hydrogen-bond donors (Lipinski definition) is 0. The molecule has 234 valence electrons. The van der Waals surface area contributed by atoms with E-state index in [4.69, 9.17) is 33.2 Å². The Labute approximate surface area is 258 Å². The molecule has 9 nitrogen and oxygen atoms in total. The largest absolute Gasteiger partial charge is 0.493 e. The molecule has 2 aromatic rings. The Kier molecular flexibility index (Phi) is 18.3. The second-order valence-electron chi connectivity index (χ2n) is 9.20. The third-order valence-corrected chi connectivity index (χ3v) is 8.53. The monoisotopic (exact) mass is 624 g/mol. The van der Waals surface area contributed by atoms with Crippen molar-refractivity contribution in [1.29, 1.82) is 0 Å². The lowest BCUT2D eigenvalue weighted by atomic mass is 10.1. The molecule has 11 heteroatoms. The van der Waals surface area contributed by atoms with Crippen molar-refractivity contribution in [2.24, 2.45) is 0 Å². The van der Waals surface area contributed by atoms with Crippen molar-refractivity contribution < 1.29 is 42.7 Å². The van der Waals surface area contributed by atoms with E-state index in [-0.39, 0.29) is 28.7 Å². The maximum atomic E-state index is 13.1. The maximum Gasteiger partial charge on any atom is 0.312 e. The van der Waals surface area contributed by atoms with E-state index in [1.165, 1.54) is 0 Å². The molecule has 0 saturated heterocycles. The molecule has 0 saturated carbocycles. The molecule has 2 aromatic carbocycles. The van der Waals surface area contributed by atoms with Gasteiger partial charge in [0.15, 0.2) is 11.5 Å². The summed E-state index contributed by atoms with van der Waals surface area (Å²) in [5, 5.41) is -0.180. The molecule has 2 atom stereocenters. The number of Topliss-reactive ketones (excluding diaryl/α,β-unsaturated/α-hetero) is 1. The number of ketones is 1. The topological polar surface area (TPSA) is 98.8 Å². The van der Waals surface area contributed by atoms with Crippen LogP contribution in [0.2, 0.25) is 0 Å². The van der Waals surface area contributed by atoms with Crippen LogP contribution in [0.5, 0.6) is 17.2 Å². The van der Waals surface area contributed by atoms with Crippen LogP contribution < -0.4 is 14.2 Å². The van der Waals surface area contributed by atoms with Crippen molar-refractivity contribution in [3.63, 3.8) is 0 Å². The van der Waals surface area contributed by atoms with Gasteiger partial charge in [-0.3, -0.25) is 9.59 Å². The highest BCUT2D eigenvalue weighted by atomic mass is 32.2. The molecule has 0 N–H and O–H groups in total. The van der Waals surface area contributed by atoms with Gasteiger partial charge in [-0.25, -0.2) is 0 Å².